The maximum Gasteiger partial charge on any atom is 0.0614 e. The summed E-state index contributed by atoms with van der Waals surface area (Å²) in [6, 6.07) is 2.87. The van der Waals surface area contributed by atoms with E-state index in [4.69, 9.17) is 0 Å². The first kappa shape index (κ1) is 10.4. The molecule has 1 unspecified atom stereocenters. The van der Waals surface area contributed by atoms with Crippen molar-refractivity contribution in [2.75, 3.05) is 0 Å². The molecule has 0 saturated carbocycles. The summed E-state index contributed by atoms with van der Waals surface area (Å²) in [5.41, 5.74) is 1.13. The third-order valence-electron chi connectivity index (χ3n) is 1.95. The van der Waals surface area contributed by atoms with Gasteiger partial charge in [-0.15, -0.1) is 0 Å². The summed E-state index contributed by atoms with van der Waals surface area (Å²) >= 11 is 0. The maximum atomic E-state index is 4.03. The molecule has 0 aromatic heterocycles. The Hall–Kier alpha value is -1.68. The van der Waals surface area contributed by atoms with Crippen LogP contribution in [0.15, 0.2) is 48.7 Å². The third kappa shape index (κ3) is 3.37. The van der Waals surface area contributed by atoms with E-state index in [0.29, 0.717) is 0 Å². The molecule has 0 bridgehead atoms. The highest BCUT2D eigenvalue weighted by Gasteiger charge is 2.03. The largest absolute Gasteiger partial charge is 0.322 e. The molecule has 1 aliphatic rings. The van der Waals surface area contributed by atoms with E-state index in [2.05, 4.69) is 36.0 Å². The zero-order valence-electron chi connectivity index (χ0n) is 8.46. The van der Waals surface area contributed by atoms with Crippen molar-refractivity contribution in [2.45, 2.75) is 13.3 Å². The van der Waals surface area contributed by atoms with Crippen LogP contribution in [0.1, 0.15) is 13.3 Å². The van der Waals surface area contributed by atoms with Gasteiger partial charge in [-0.3, -0.25) is 0 Å². The summed E-state index contributed by atoms with van der Waals surface area (Å²) in [6.45, 7) is 6.04. The van der Waals surface area contributed by atoms with Crippen LogP contribution in [0.4, 0.5) is 0 Å². The summed E-state index contributed by atoms with van der Waals surface area (Å²) in [5, 5.41) is 2.88. The Morgan fingerprint density at radius 2 is 2.43 bits per heavy atom. The van der Waals surface area contributed by atoms with Crippen molar-refractivity contribution in [3.05, 3.63) is 48.7 Å². The fourth-order valence-electron chi connectivity index (χ4n) is 1.12. The number of rotatable bonds is 3. The molecule has 0 aromatic carbocycles. The minimum absolute atomic E-state index is 0.156. The van der Waals surface area contributed by atoms with Gasteiger partial charge in [0.1, 0.15) is 0 Å². The molecule has 1 nitrogen and oxygen atoms in total. The van der Waals surface area contributed by atoms with Gasteiger partial charge in [-0.25, -0.2) is 0 Å². The van der Waals surface area contributed by atoms with Crippen molar-refractivity contribution in [1.29, 1.82) is 0 Å². The highest BCUT2D eigenvalue weighted by molar-refractivity contribution is 5.28. The lowest BCUT2D eigenvalue weighted by Crippen LogP contribution is -2.01. The first-order valence-electron chi connectivity index (χ1n) is 4.73. The molecule has 0 fully saturated rings. The second-order valence-corrected chi connectivity index (χ2v) is 3.07. The van der Waals surface area contributed by atoms with Gasteiger partial charge in [0, 0.05) is 12.2 Å². The quantitative estimate of drug-likeness (QED) is 0.526. The second kappa shape index (κ2) is 5.88. The third-order valence-corrected chi connectivity index (χ3v) is 1.95. The molecule has 1 atom stereocenters. The van der Waals surface area contributed by atoms with Gasteiger partial charge in [-0.2, -0.15) is 0 Å². The van der Waals surface area contributed by atoms with E-state index >= 15 is 0 Å². The van der Waals surface area contributed by atoms with Gasteiger partial charge in [-0.1, -0.05) is 42.4 Å². The molecule has 1 heteroatoms. The van der Waals surface area contributed by atoms with Crippen molar-refractivity contribution in [2.24, 2.45) is 5.92 Å². The molecule has 1 heterocycles. The van der Waals surface area contributed by atoms with Crippen LogP contribution in [0.25, 0.3) is 0 Å². The van der Waals surface area contributed by atoms with Crippen LogP contribution in [0.2, 0.25) is 0 Å². The standard InChI is InChI=1S/C13H15N/c1-3-4-7-12(2)13-8-5-6-10-14-11-9-13/h3-6,8,10,13-14H,2,7H2,1H3/b4-3?,8-5?,10-6-. The summed E-state index contributed by atoms with van der Waals surface area (Å²) < 4.78 is 0. The lowest BCUT2D eigenvalue weighted by molar-refractivity contribution is 0.953. The fourth-order valence-corrected chi connectivity index (χ4v) is 1.12. The smallest absolute Gasteiger partial charge is 0.0614 e. The number of nitrogens with one attached hydrogen (secondary N) is 1. The van der Waals surface area contributed by atoms with E-state index in [1.165, 1.54) is 0 Å². The molecule has 0 amide bonds. The summed E-state index contributed by atoms with van der Waals surface area (Å²) in [6.07, 6.45) is 12.8. The van der Waals surface area contributed by atoms with Gasteiger partial charge >= 0.3 is 0 Å². The average Bonchev–Trinajstić information content (AvgIpc) is 2.13. The Bertz CT molecular complexity index is 334. The Balaban J connectivity index is 2.64. The van der Waals surface area contributed by atoms with Gasteiger partial charge in [0.05, 0.1) is 5.92 Å². The lowest BCUT2D eigenvalue weighted by Gasteiger charge is -2.07. The van der Waals surface area contributed by atoms with Crippen molar-refractivity contribution in [3.8, 4) is 12.0 Å². The van der Waals surface area contributed by atoms with E-state index < -0.39 is 0 Å². The summed E-state index contributed by atoms with van der Waals surface area (Å²) in [7, 11) is 0. The first-order valence-corrected chi connectivity index (χ1v) is 4.73. The van der Waals surface area contributed by atoms with Crippen LogP contribution < -0.4 is 5.32 Å². The van der Waals surface area contributed by atoms with Crippen molar-refractivity contribution >= 4 is 0 Å². The van der Waals surface area contributed by atoms with Crippen molar-refractivity contribution < 1.29 is 0 Å². The zero-order valence-corrected chi connectivity index (χ0v) is 8.46. The highest BCUT2D eigenvalue weighted by atomic mass is 14.8. The molecule has 72 valence electrons. The number of hydrogen-bond donors (Lipinski definition) is 1. The predicted molar refractivity (Wildman–Crippen MR) is 61.3 cm³/mol. The van der Waals surface area contributed by atoms with E-state index in [0.717, 1.165) is 12.0 Å². The van der Waals surface area contributed by atoms with Gasteiger partial charge in [0.2, 0.25) is 0 Å². The van der Waals surface area contributed by atoms with E-state index in [1.807, 2.05) is 31.4 Å². The molecule has 0 saturated heterocycles. The molecule has 1 rings (SSSR count). The normalized spacial score (nSPS) is 21.6. The maximum absolute atomic E-state index is 4.03. The molecular formula is C13H15N. The topological polar surface area (TPSA) is 12.0 Å². The zero-order chi connectivity index (χ0) is 10.2. The van der Waals surface area contributed by atoms with Crippen LogP contribution in [0.5, 0.6) is 0 Å². The Labute approximate surface area is 85.9 Å². The number of allylic oxidation sites excluding steroid dienone is 6. The number of hydrogen-bond acceptors (Lipinski definition) is 1. The van der Waals surface area contributed by atoms with Crippen LogP contribution in [-0.4, -0.2) is 0 Å². The molecule has 0 radical (unpaired) electrons. The van der Waals surface area contributed by atoms with Gasteiger partial charge in [0.25, 0.3) is 0 Å². The molecule has 1 aliphatic heterocycles. The average molecular weight is 185 g/mol. The van der Waals surface area contributed by atoms with Crippen molar-refractivity contribution in [1.82, 2.24) is 5.32 Å². The van der Waals surface area contributed by atoms with Gasteiger partial charge in [-0.05, 0) is 19.4 Å². The SMILES string of the molecule is C=C(CC=CC)C1C#CN/C=C\C=C1. The molecule has 1 N–H and O–H groups in total. The molecule has 0 aliphatic carbocycles. The van der Waals surface area contributed by atoms with E-state index in [9.17, 15) is 0 Å². The lowest BCUT2D eigenvalue weighted by atomic mass is 9.97. The Kier molecular flexibility index (Phi) is 4.37. The van der Waals surface area contributed by atoms with Crippen molar-refractivity contribution in [3.63, 3.8) is 0 Å². The molecule has 0 aromatic rings. The minimum Gasteiger partial charge on any atom is -0.322 e. The Morgan fingerprint density at radius 3 is 3.21 bits per heavy atom. The van der Waals surface area contributed by atoms with Gasteiger partial charge in [0.15, 0.2) is 0 Å². The second-order valence-electron chi connectivity index (χ2n) is 3.07. The van der Waals surface area contributed by atoms with Crippen LogP contribution in [-0.2, 0) is 0 Å². The van der Waals surface area contributed by atoms with Crippen LogP contribution >= 0.6 is 0 Å². The van der Waals surface area contributed by atoms with Gasteiger partial charge < -0.3 is 5.32 Å². The first-order chi connectivity index (χ1) is 6.84. The molecular weight excluding hydrogens is 170 g/mol. The van der Waals surface area contributed by atoms with Crippen LogP contribution in [0, 0.1) is 17.9 Å². The summed E-state index contributed by atoms with van der Waals surface area (Å²) in [4.78, 5) is 0. The van der Waals surface area contributed by atoms with Crippen LogP contribution in [0.3, 0.4) is 0 Å². The Morgan fingerprint density at radius 1 is 1.57 bits per heavy atom. The molecule has 0 spiro atoms. The predicted octanol–water partition coefficient (Wildman–Crippen LogP) is 2.76. The molecule has 14 heavy (non-hydrogen) atoms. The highest BCUT2D eigenvalue weighted by Crippen LogP contribution is 2.14. The van der Waals surface area contributed by atoms with E-state index in [-0.39, 0.29) is 5.92 Å². The minimum atomic E-state index is 0.156. The van der Waals surface area contributed by atoms with E-state index in [1.54, 1.807) is 0 Å². The fraction of sp³-hybridized carbons (Fsp3) is 0.231. The summed E-state index contributed by atoms with van der Waals surface area (Å²) in [5.74, 6) is 3.25. The monoisotopic (exact) mass is 185 g/mol.